The number of fused-ring (bicyclic) bond motifs is 1. The van der Waals surface area contributed by atoms with Crippen molar-refractivity contribution in [3.8, 4) is 0 Å². The number of nitrogens with two attached hydrogens (primary N) is 1. The number of imidazole rings is 1. The normalized spacial score (nSPS) is 22.3. The Morgan fingerprint density at radius 3 is 2.43 bits per heavy atom. The zero-order valence-electron chi connectivity index (χ0n) is 15.0. The van der Waals surface area contributed by atoms with Crippen molar-refractivity contribution in [3.05, 3.63) is 34.2 Å². The number of aromatic nitrogens is 2. The van der Waals surface area contributed by atoms with Crippen LogP contribution in [0.15, 0.2) is 12.3 Å². The zero-order valence-corrected chi connectivity index (χ0v) is 15.8. The van der Waals surface area contributed by atoms with Gasteiger partial charge in [-0.15, -0.1) is 0 Å². The largest absolute Gasteiger partial charge is 0.366 e. The van der Waals surface area contributed by atoms with Gasteiger partial charge < -0.3 is 10.1 Å². The maximum Gasteiger partial charge on any atom is 0.250 e. The number of primary amides is 1. The van der Waals surface area contributed by atoms with Crippen molar-refractivity contribution in [1.29, 1.82) is 0 Å². The lowest BCUT2D eigenvalue weighted by atomic mass is 9.77. The quantitative estimate of drug-likeness (QED) is 0.714. The number of halogens is 5. The van der Waals surface area contributed by atoms with E-state index in [1.807, 2.05) is 0 Å². The van der Waals surface area contributed by atoms with E-state index >= 15 is 0 Å². The first-order valence-corrected chi connectivity index (χ1v) is 9.68. The van der Waals surface area contributed by atoms with E-state index in [1.54, 1.807) is 4.40 Å². The summed E-state index contributed by atoms with van der Waals surface area (Å²) in [4.78, 5) is 16.0. The summed E-state index contributed by atoms with van der Waals surface area (Å²) in [5.41, 5.74) is 7.09. The van der Waals surface area contributed by atoms with Crippen LogP contribution < -0.4 is 5.73 Å². The number of rotatable bonds is 4. The second-order valence-electron chi connectivity index (χ2n) is 8.04. The summed E-state index contributed by atoms with van der Waals surface area (Å²) in [6.45, 7) is 0. The number of amides is 1. The first-order valence-electron chi connectivity index (χ1n) is 9.30. The summed E-state index contributed by atoms with van der Waals surface area (Å²) in [6.07, 6.45) is 1.79. The molecule has 0 radical (unpaired) electrons. The van der Waals surface area contributed by atoms with Crippen LogP contribution in [0.2, 0.25) is 5.02 Å². The second-order valence-corrected chi connectivity index (χ2v) is 8.44. The van der Waals surface area contributed by atoms with E-state index in [-0.39, 0.29) is 42.2 Å². The molecule has 2 N–H and O–H groups in total. The summed E-state index contributed by atoms with van der Waals surface area (Å²) in [5.74, 6) is -6.42. The maximum absolute atomic E-state index is 13.5. The Hall–Kier alpha value is -1.83. The molecule has 152 valence electrons. The highest BCUT2D eigenvalue weighted by Gasteiger charge is 2.48. The smallest absolute Gasteiger partial charge is 0.250 e. The van der Waals surface area contributed by atoms with Crippen molar-refractivity contribution in [2.75, 3.05) is 0 Å². The van der Waals surface area contributed by atoms with Crippen molar-refractivity contribution in [3.63, 3.8) is 0 Å². The molecule has 0 spiro atoms. The zero-order chi connectivity index (χ0) is 20.3. The maximum atomic E-state index is 13.5. The third-order valence-electron chi connectivity index (χ3n) is 5.90. The van der Waals surface area contributed by atoms with Crippen LogP contribution in [0.1, 0.15) is 66.2 Å². The van der Waals surface area contributed by atoms with E-state index in [4.69, 9.17) is 17.3 Å². The second kappa shape index (κ2) is 6.61. The van der Waals surface area contributed by atoms with Crippen molar-refractivity contribution >= 4 is 23.2 Å². The van der Waals surface area contributed by atoms with E-state index in [0.29, 0.717) is 36.3 Å². The number of alkyl halides is 4. The van der Waals surface area contributed by atoms with Gasteiger partial charge in [0.05, 0.1) is 16.3 Å². The minimum absolute atomic E-state index is 0.0217. The SMILES string of the molecule is NC(=O)c1cc2nc(C3CC(F)(F)C3)c(CC3CCC(F)(F)CC3)n2cc1Cl. The molecule has 9 heteroatoms. The Bertz CT molecular complexity index is 925. The lowest BCUT2D eigenvalue weighted by molar-refractivity contribution is -0.0878. The van der Waals surface area contributed by atoms with Crippen LogP contribution in [0.5, 0.6) is 0 Å². The number of hydrogen-bond donors (Lipinski definition) is 1. The summed E-state index contributed by atoms with van der Waals surface area (Å²) in [6, 6.07) is 1.45. The highest BCUT2D eigenvalue weighted by atomic mass is 35.5. The number of carbonyl (C=O) groups excluding carboxylic acids is 1. The van der Waals surface area contributed by atoms with E-state index in [1.165, 1.54) is 12.3 Å². The molecule has 2 heterocycles. The molecule has 0 aromatic carbocycles. The standard InChI is InChI=1S/C19H20ClF4N3O/c20-13-9-27-14(5-10-1-3-18(21,22)4-2-10)16(11-7-19(23,24)8-11)26-15(27)6-12(13)17(25)28/h6,9-11H,1-5,7-8H2,(H2,25,28). The summed E-state index contributed by atoms with van der Waals surface area (Å²) in [5, 5.41) is 0.138. The molecule has 2 aromatic heterocycles. The molecule has 0 aliphatic heterocycles. The third-order valence-corrected chi connectivity index (χ3v) is 6.20. The number of carbonyl (C=O) groups is 1. The summed E-state index contributed by atoms with van der Waals surface area (Å²) in [7, 11) is 0. The van der Waals surface area contributed by atoms with Gasteiger partial charge in [-0.05, 0) is 31.2 Å². The predicted octanol–water partition coefficient (Wildman–Crippen LogP) is 4.97. The van der Waals surface area contributed by atoms with Crippen LogP contribution in [-0.2, 0) is 6.42 Å². The highest BCUT2D eigenvalue weighted by molar-refractivity contribution is 6.33. The Labute approximate surface area is 164 Å². The van der Waals surface area contributed by atoms with Gasteiger partial charge in [-0.1, -0.05) is 11.6 Å². The first-order chi connectivity index (χ1) is 13.0. The minimum atomic E-state index is -2.71. The van der Waals surface area contributed by atoms with Gasteiger partial charge in [-0.3, -0.25) is 4.79 Å². The van der Waals surface area contributed by atoms with Crippen molar-refractivity contribution < 1.29 is 22.4 Å². The molecule has 2 fully saturated rings. The van der Waals surface area contributed by atoms with Crippen molar-refractivity contribution in [1.82, 2.24) is 9.38 Å². The average Bonchev–Trinajstić information content (AvgIpc) is 2.91. The van der Waals surface area contributed by atoms with Gasteiger partial charge >= 0.3 is 0 Å². The first kappa shape index (κ1) is 19.5. The van der Waals surface area contributed by atoms with Crippen LogP contribution in [-0.4, -0.2) is 27.1 Å². The van der Waals surface area contributed by atoms with Gasteiger partial charge in [-0.25, -0.2) is 22.5 Å². The van der Waals surface area contributed by atoms with E-state index in [0.717, 1.165) is 0 Å². The lowest BCUT2D eigenvalue weighted by Crippen LogP contribution is -2.34. The third kappa shape index (κ3) is 3.58. The van der Waals surface area contributed by atoms with Gasteiger partial charge in [0.1, 0.15) is 5.65 Å². The molecule has 0 atom stereocenters. The summed E-state index contributed by atoms with van der Waals surface area (Å²) >= 11 is 6.16. The van der Waals surface area contributed by atoms with Crippen LogP contribution >= 0.6 is 11.6 Å². The van der Waals surface area contributed by atoms with Crippen LogP contribution in [0.3, 0.4) is 0 Å². The van der Waals surface area contributed by atoms with Gasteiger partial charge in [0.25, 0.3) is 0 Å². The topological polar surface area (TPSA) is 60.4 Å². The molecule has 1 amide bonds. The fourth-order valence-electron chi connectivity index (χ4n) is 4.28. The van der Waals surface area contributed by atoms with Crippen molar-refractivity contribution in [2.45, 2.75) is 62.7 Å². The van der Waals surface area contributed by atoms with E-state index in [2.05, 4.69) is 4.98 Å². The molecule has 28 heavy (non-hydrogen) atoms. The number of hydrogen-bond acceptors (Lipinski definition) is 2. The van der Waals surface area contributed by atoms with Gasteiger partial charge in [-0.2, -0.15) is 0 Å². The lowest BCUT2D eigenvalue weighted by Gasteiger charge is -2.35. The minimum Gasteiger partial charge on any atom is -0.366 e. The van der Waals surface area contributed by atoms with Gasteiger partial charge in [0.2, 0.25) is 17.8 Å². The Morgan fingerprint density at radius 2 is 1.86 bits per heavy atom. The number of pyridine rings is 1. The Balaban J connectivity index is 1.71. The summed E-state index contributed by atoms with van der Waals surface area (Å²) < 4.78 is 55.5. The molecule has 4 rings (SSSR count). The Kier molecular flexibility index (Phi) is 4.60. The molecule has 2 aromatic rings. The van der Waals surface area contributed by atoms with Crippen LogP contribution in [0.25, 0.3) is 5.65 Å². The molecular weight excluding hydrogens is 398 g/mol. The average molecular weight is 418 g/mol. The van der Waals surface area contributed by atoms with E-state index in [9.17, 15) is 22.4 Å². The van der Waals surface area contributed by atoms with Crippen LogP contribution in [0.4, 0.5) is 17.6 Å². The van der Waals surface area contributed by atoms with Crippen molar-refractivity contribution in [2.24, 2.45) is 11.7 Å². The van der Waals surface area contributed by atoms with Gasteiger partial charge in [0.15, 0.2) is 0 Å². The predicted molar refractivity (Wildman–Crippen MR) is 96.3 cm³/mol. The molecule has 2 aliphatic carbocycles. The van der Waals surface area contributed by atoms with Gasteiger partial charge in [0, 0.05) is 43.5 Å². The van der Waals surface area contributed by atoms with E-state index < -0.39 is 23.7 Å². The number of nitrogens with zero attached hydrogens (tertiary/aromatic N) is 2. The molecule has 2 aliphatic rings. The highest BCUT2D eigenvalue weighted by Crippen LogP contribution is 2.49. The van der Waals surface area contributed by atoms with Crippen LogP contribution in [0, 0.1) is 5.92 Å². The molecule has 0 unspecified atom stereocenters. The molecule has 0 saturated heterocycles. The molecule has 2 saturated carbocycles. The molecule has 4 nitrogen and oxygen atoms in total. The fraction of sp³-hybridized carbons (Fsp3) is 0.579. The molecule has 0 bridgehead atoms. The fourth-order valence-corrected chi connectivity index (χ4v) is 4.53. The molecular formula is C19H20ClF4N3O. The monoisotopic (exact) mass is 417 g/mol. The Morgan fingerprint density at radius 1 is 1.21 bits per heavy atom.